The maximum absolute atomic E-state index is 12.4. The lowest BCUT2D eigenvalue weighted by Gasteiger charge is -2.12. The van der Waals surface area contributed by atoms with Crippen LogP contribution in [0.25, 0.3) is 0 Å². The van der Waals surface area contributed by atoms with Crippen LogP contribution in [-0.4, -0.2) is 42.1 Å². The van der Waals surface area contributed by atoms with Gasteiger partial charge in [0.1, 0.15) is 0 Å². The first-order chi connectivity index (χ1) is 12.9. The van der Waals surface area contributed by atoms with Crippen LogP contribution in [0.2, 0.25) is 0 Å². The molecule has 0 saturated carbocycles. The van der Waals surface area contributed by atoms with Crippen molar-refractivity contribution in [1.82, 2.24) is 15.5 Å². The third-order valence-corrected chi connectivity index (χ3v) is 5.69. The zero-order chi connectivity index (χ0) is 19.8. The number of nitrogens with one attached hydrogen (secondary N) is 2. The second-order valence-corrected chi connectivity index (χ2v) is 8.88. The molecule has 148 valence electrons. The Morgan fingerprint density at radius 3 is 2.59 bits per heavy atom. The molecule has 2 rings (SSSR count). The average Bonchev–Trinajstić information content (AvgIpc) is 3.11. The topological polar surface area (TPSA) is 85.4 Å². The van der Waals surface area contributed by atoms with E-state index in [0.29, 0.717) is 24.0 Å². The molecule has 2 N–H and O–H groups in total. The van der Waals surface area contributed by atoms with E-state index in [-0.39, 0.29) is 11.2 Å². The second-order valence-electron chi connectivity index (χ2n) is 6.32. The highest BCUT2D eigenvalue weighted by molar-refractivity contribution is 8.02. The van der Waals surface area contributed by atoms with Gasteiger partial charge in [0.05, 0.1) is 19.5 Å². The third kappa shape index (κ3) is 6.59. The number of amides is 1. The van der Waals surface area contributed by atoms with Crippen molar-refractivity contribution in [3.63, 3.8) is 0 Å². The fourth-order valence-electron chi connectivity index (χ4n) is 2.15. The summed E-state index contributed by atoms with van der Waals surface area (Å²) in [5, 5.41) is 14.9. The van der Waals surface area contributed by atoms with E-state index in [0.717, 1.165) is 21.6 Å². The first-order valence-corrected chi connectivity index (χ1v) is 10.3. The molecule has 1 atom stereocenters. The minimum atomic E-state index is -0.268. The Bertz CT molecular complexity index is 752. The molecule has 0 saturated heterocycles. The molecule has 2 aromatic rings. The number of nitrogens with zero attached hydrogens (tertiary/aromatic N) is 2. The standard InChI is InChI=1S/C18H26N4O3S2/c1-11(2)9-20-17-21-22-18(27-17)26-12(3)16(23)19-10-13-6-7-14(24-4)15(8-13)25-5/h6-8,11-12H,9-10H2,1-5H3,(H,19,23)(H,20,21)/t12-/m0/s1. The van der Waals surface area contributed by atoms with Crippen LogP contribution in [-0.2, 0) is 11.3 Å². The van der Waals surface area contributed by atoms with Gasteiger partial charge in [-0.3, -0.25) is 4.79 Å². The van der Waals surface area contributed by atoms with Gasteiger partial charge in [-0.05, 0) is 30.5 Å². The molecule has 27 heavy (non-hydrogen) atoms. The van der Waals surface area contributed by atoms with E-state index >= 15 is 0 Å². The van der Waals surface area contributed by atoms with Crippen LogP contribution in [0.3, 0.4) is 0 Å². The number of carbonyl (C=O) groups excluding carboxylic acids is 1. The van der Waals surface area contributed by atoms with E-state index in [1.54, 1.807) is 14.2 Å². The highest BCUT2D eigenvalue weighted by Gasteiger charge is 2.17. The molecular formula is C18H26N4O3S2. The van der Waals surface area contributed by atoms with Crippen LogP contribution in [0.4, 0.5) is 5.13 Å². The molecule has 0 fully saturated rings. The molecule has 1 amide bonds. The number of thioether (sulfide) groups is 1. The summed E-state index contributed by atoms with van der Waals surface area (Å²) in [7, 11) is 3.18. The number of benzene rings is 1. The first-order valence-electron chi connectivity index (χ1n) is 8.65. The lowest BCUT2D eigenvalue weighted by molar-refractivity contribution is -0.120. The number of carbonyl (C=O) groups is 1. The molecule has 0 aliphatic heterocycles. The number of rotatable bonds is 10. The third-order valence-electron chi connectivity index (χ3n) is 3.63. The Morgan fingerprint density at radius 2 is 1.93 bits per heavy atom. The molecular weight excluding hydrogens is 384 g/mol. The van der Waals surface area contributed by atoms with E-state index in [1.165, 1.54) is 23.1 Å². The van der Waals surface area contributed by atoms with Crippen molar-refractivity contribution in [2.24, 2.45) is 5.92 Å². The molecule has 0 radical (unpaired) electrons. The van der Waals surface area contributed by atoms with Crippen LogP contribution in [0.1, 0.15) is 26.3 Å². The van der Waals surface area contributed by atoms with E-state index in [1.807, 2.05) is 25.1 Å². The lowest BCUT2D eigenvalue weighted by Crippen LogP contribution is -2.30. The largest absolute Gasteiger partial charge is 0.493 e. The minimum absolute atomic E-state index is 0.0540. The zero-order valence-electron chi connectivity index (χ0n) is 16.2. The van der Waals surface area contributed by atoms with Crippen molar-refractivity contribution in [3.8, 4) is 11.5 Å². The zero-order valence-corrected chi connectivity index (χ0v) is 17.9. The van der Waals surface area contributed by atoms with Crippen molar-refractivity contribution >= 4 is 34.1 Å². The van der Waals surface area contributed by atoms with Gasteiger partial charge >= 0.3 is 0 Å². The fraction of sp³-hybridized carbons (Fsp3) is 0.500. The molecule has 0 aliphatic carbocycles. The van der Waals surface area contributed by atoms with Gasteiger partial charge in [-0.25, -0.2) is 0 Å². The summed E-state index contributed by atoms with van der Waals surface area (Å²) in [5.41, 5.74) is 0.939. The Labute approximate surface area is 168 Å². The van der Waals surface area contributed by atoms with Crippen LogP contribution in [0.5, 0.6) is 11.5 Å². The van der Waals surface area contributed by atoms with Crippen molar-refractivity contribution in [2.45, 2.75) is 36.9 Å². The molecule has 9 heteroatoms. The lowest BCUT2D eigenvalue weighted by atomic mass is 10.2. The SMILES string of the molecule is COc1ccc(CNC(=O)[C@H](C)Sc2nnc(NCC(C)C)s2)cc1OC. The molecule has 7 nitrogen and oxygen atoms in total. The molecule has 0 bridgehead atoms. The number of methoxy groups -OCH3 is 2. The summed E-state index contributed by atoms with van der Waals surface area (Å²) in [4.78, 5) is 12.4. The second kappa shape index (κ2) is 10.4. The molecule has 0 unspecified atom stereocenters. The Morgan fingerprint density at radius 1 is 1.19 bits per heavy atom. The van der Waals surface area contributed by atoms with Crippen LogP contribution >= 0.6 is 23.1 Å². The van der Waals surface area contributed by atoms with Gasteiger partial charge in [0.2, 0.25) is 11.0 Å². The first kappa shape index (κ1) is 21.3. The van der Waals surface area contributed by atoms with Gasteiger partial charge in [-0.15, -0.1) is 10.2 Å². The molecule has 0 aliphatic rings. The van der Waals surface area contributed by atoms with Crippen molar-refractivity contribution in [3.05, 3.63) is 23.8 Å². The molecule has 1 aromatic heterocycles. The summed E-state index contributed by atoms with van der Waals surface area (Å²) in [5.74, 6) is 1.78. The molecule has 1 aromatic carbocycles. The monoisotopic (exact) mass is 410 g/mol. The summed E-state index contributed by atoms with van der Waals surface area (Å²) >= 11 is 2.87. The normalized spacial score (nSPS) is 11.9. The van der Waals surface area contributed by atoms with Gasteiger partial charge in [0.15, 0.2) is 15.8 Å². The molecule has 0 spiro atoms. The quantitative estimate of drug-likeness (QED) is 0.581. The van der Waals surface area contributed by atoms with Gasteiger partial charge in [0, 0.05) is 13.1 Å². The van der Waals surface area contributed by atoms with Crippen molar-refractivity contribution < 1.29 is 14.3 Å². The summed E-state index contributed by atoms with van der Waals surface area (Å²) < 4.78 is 11.3. The van der Waals surface area contributed by atoms with Gasteiger partial charge in [0.25, 0.3) is 0 Å². The highest BCUT2D eigenvalue weighted by Crippen LogP contribution is 2.29. The van der Waals surface area contributed by atoms with Gasteiger partial charge < -0.3 is 20.1 Å². The van der Waals surface area contributed by atoms with Gasteiger partial charge in [-0.2, -0.15) is 0 Å². The number of hydrogen-bond acceptors (Lipinski definition) is 8. The number of ether oxygens (including phenoxy) is 2. The van der Waals surface area contributed by atoms with Crippen LogP contribution in [0, 0.1) is 5.92 Å². The number of anilines is 1. The predicted molar refractivity (Wildman–Crippen MR) is 110 cm³/mol. The predicted octanol–water partition coefficient (Wildman–Crippen LogP) is 3.42. The van der Waals surface area contributed by atoms with Crippen LogP contribution in [0.15, 0.2) is 22.5 Å². The fourth-order valence-corrected chi connectivity index (χ4v) is 4.08. The van der Waals surface area contributed by atoms with E-state index in [4.69, 9.17) is 9.47 Å². The Balaban J connectivity index is 1.85. The maximum atomic E-state index is 12.4. The number of aromatic nitrogens is 2. The van der Waals surface area contributed by atoms with Crippen molar-refractivity contribution in [1.29, 1.82) is 0 Å². The number of hydrogen-bond donors (Lipinski definition) is 2. The summed E-state index contributed by atoms with van der Waals surface area (Å²) in [6, 6.07) is 5.58. The highest BCUT2D eigenvalue weighted by atomic mass is 32.2. The smallest absolute Gasteiger partial charge is 0.233 e. The maximum Gasteiger partial charge on any atom is 0.233 e. The summed E-state index contributed by atoms with van der Waals surface area (Å²) in [6.45, 7) is 7.39. The van der Waals surface area contributed by atoms with E-state index in [9.17, 15) is 4.79 Å². The average molecular weight is 411 g/mol. The van der Waals surface area contributed by atoms with Crippen LogP contribution < -0.4 is 20.1 Å². The summed E-state index contributed by atoms with van der Waals surface area (Å²) in [6.07, 6.45) is 0. The minimum Gasteiger partial charge on any atom is -0.493 e. The van der Waals surface area contributed by atoms with Crippen molar-refractivity contribution in [2.75, 3.05) is 26.1 Å². The Kier molecular flexibility index (Phi) is 8.18. The molecule has 1 heterocycles. The van der Waals surface area contributed by atoms with Gasteiger partial charge in [-0.1, -0.05) is 43.0 Å². The Hall–Kier alpha value is -2.00. The van der Waals surface area contributed by atoms with E-state index in [2.05, 4.69) is 34.7 Å². The van der Waals surface area contributed by atoms with E-state index < -0.39 is 0 Å².